The number of hydrogen-bond donors (Lipinski definition) is 1. The summed E-state index contributed by atoms with van der Waals surface area (Å²) in [5.74, 6) is -1.34. The molecule has 3 rings (SSSR count). The lowest BCUT2D eigenvalue weighted by Crippen LogP contribution is -2.25. The average molecular weight is 303 g/mol. The highest BCUT2D eigenvalue weighted by atomic mass is 35.5. The maximum absolute atomic E-state index is 12.9. The van der Waals surface area contributed by atoms with Crippen molar-refractivity contribution in [2.45, 2.75) is 0 Å². The Labute approximate surface area is 124 Å². The molecule has 0 saturated carbocycles. The van der Waals surface area contributed by atoms with Gasteiger partial charge in [0.05, 0.1) is 5.56 Å². The van der Waals surface area contributed by atoms with E-state index in [0.29, 0.717) is 5.69 Å². The van der Waals surface area contributed by atoms with Crippen LogP contribution in [0.4, 0.5) is 10.1 Å². The van der Waals surface area contributed by atoms with E-state index in [-0.39, 0.29) is 22.0 Å². The van der Waals surface area contributed by atoms with Crippen LogP contribution in [0.25, 0.3) is 0 Å². The number of rotatable bonds is 2. The van der Waals surface area contributed by atoms with Gasteiger partial charge >= 0.3 is 0 Å². The summed E-state index contributed by atoms with van der Waals surface area (Å²) < 4.78 is 12.9. The molecule has 1 aliphatic rings. The van der Waals surface area contributed by atoms with Crippen molar-refractivity contribution in [1.29, 1.82) is 0 Å². The molecular formula is C15H8ClFN2O2. The molecule has 0 atom stereocenters. The quantitative estimate of drug-likeness (QED) is 0.925. The number of aromatic nitrogens is 1. The first kappa shape index (κ1) is 13.5. The second-order valence-corrected chi connectivity index (χ2v) is 4.76. The van der Waals surface area contributed by atoms with Gasteiger partial charge in [0.1, 0.15) is 22.2 Å². The number of fused-ring (bicyclic) bond motifs is 1. The molecule has 0 radical (unpaired) electrons. The molecule has 0 saturated heterocycles. The van der Waals surface area contributed by atoms with Crippen molar-refractivity contribution in [1.82, 2.24) is 4.98 Å². The number of Topliss-reactive ketones (excluding diaryl/α,β-unsaturated/α-hetero) is 2. The highest BCUT2D eigenvalue weighted by Gasteiger charge is 2.32. The van der Waals surface area contributed by atoms with Crippen molar-refractivity contribution >= 4 is 28.9 Å². The van der Waals surface area contributed by atoms with Crippen LogP contribution in [0.2, 0.25) is 0 Å². The number of anilines is 1. The summed E-state index contributed by atoms with van der Waals surface area (Å²) in [4.78, 5) is 28.4. The van der Waals surface area contributed by atoms with Gasteiger partial charge < -0.3 is 5.32 Å². The third-order valence-electron chi connectivity index (χ3n) is 3.03. The Hall–Kier alpha value is -2.53. The maximum Gasteiger partial charge on any atom is 0.225 e. The molecule has 2 aromatic rings. The molecule has 6 heteroatoms. The highest BCUT2D eigenvalue weighted by Crippen LogP contribution is 2.28. The van der Waals surface area contributed by atoms with Crippen LogP contribution in [0.5, 0.6) is 0 Å². The topological polar surface area (TPSA) is 59.1 Å². The molecule has 104 valence electrons. The Morgan fingerprint density at radius 2 is 1.76 bits per heavy atom. The van der Waals surface area contributed by atoms with Crippen LogP contribution in [-0.4, -0.2) is 16.6 Å². The first-order chi connectivity index (χ1) is 10.1. The van der Waals surface area contributed by atoms with Crippen LogP contribution < -0.4 is 5.32 Å². The molecule has 0 spiro atoms. The van der Waals surface area contributed by atoms with Crippen LogP contribution in [0.15, 0.2) is 53.3 Å². The molecule has 1 heterocycles. The van der Waals surface area contributed by atoms with Crippen LogP contribution in [-0.2, 0) is 0 Å². The predicted molar refractivity (Wildman–Crippen MR) is 75.8 cm³/mol. The zero-order chi connectivity index (χ0) is 15.0. The largest absolute Gasteiger partial charge is 0.351 e. The van der Waals surface area contributed by atoms with Gasteiger partial charge in [0.25, 0.3) is 0 Å². The van der Waals surface area contributed by atoms with E-state index in [0.717, 1.165) is 0 Å². The number of nitrogens with zero attached hydrogens (tertiary/aromatic N) is 1. The van der Waals surface area contributed by atoms with Gasteiger partial charge in [0.2, 0.25) is 11.6 Å². The third kappa shape index (κ3) is 2.32. The number of hydrogen-bond acceptors (Lipinski definition) is 4. The Kier molecular flexibility index (Phi) is 3.27. The predicted octanol–water partition coefficient (Wildman–Crippen LogP) is 3.16. The molecule has 1 aromatic heterocycles. The Morgan fingerprint density at radius 1 is 1.05 bits per heavy atom. The van der Waals surface area contributed by atoms with Crippen molar-refractivity contribution in [2.75, 3.05) is 5.32 Å². The fourth-order valence-corrected chi connectivity index (χ4v) is 2.23. The van der Waals surface area contributed by atoms with Gasteiger partial charge in [-0.2, -0.15) is 0 Å². The summed E-state index contributed by atoms with van der Waals surface area (Å²) in [5, 5.41) is 2.54. The lowest BCUT2D eigenvalue weighted by atomic mass is 9.97. The van der Waals surface area contributed by atoms with Gasteiger partial charge in [-0.1, -0.05) is 11.6 Å². The molecule has 1 N–H and O–H groups in total. The van der Waals surface area contributed by atoms with Gasteiger partial charge in [-0.05, 0) is 36.4 Å². The summed E-state index contributed by atoms with van der Waals surface area (Å²) in [6, 6.07) is 8.45. The maximum atomic E-state index is 12.9. The first-order valence-corrected chi connectivity index (χ1v) is 6.42. The van der Waals surface area contributed by atoms with Crippen molar-refractivity contribution in [3.63, 3.8) is 0 Å². The fourth-order valence-electron chi connectivity index (χ4n) is 2.01. The zero-order valence-corrected chi connectivity index (χ0v) is 11.3. The molecule has 0 amide bonds. The van der Waals surface area contributed by atoms with E-state index in [1.54, 1.807) is 6.07 Å². The number of carbonyl (C=O) groups is 2. The summed E-state index contributed by atoms with van der Waals surface area (Å²) >= 11 is 5.97. The number of benzene rings is 1. The molecule has 4 nitrogen and oxygen atoms in total. The number of carbonyl (C=O) groups excluding carboxylic acids is 2. The van der Waals surface area contributed by atoms with Crippen molar-refractivity contribution in [2.24, 2.45) is 0 Å². The zero-order valence-electron chi connectivity index (χ0n) is 10.6. The fraction of sp³-hybridized carbons (Fsp3) is 0. The molecule has 0 bridgehead atoms. The molecular weight excluding hydrogens is 295 g/mol. The number of pyridine rings is 1. The summed E-state index contributed by atoms with van der Waals surface area (Å²) in [6.45, 7) is 0. The van der Waals surface area contributed by atoms with E-state index in [2.05, 4.69) is 10.3 Å². The summed E-state index contributed by atoms with van der Waals surface area (Å²) in [7, 11) is 0. The van der Waals surface area contributed by atoms with Crippen LogP contribution in [0.1, 0.15) is 20.8 Å². The monoisotopic (exact) mass is 302 g/mol. The minimum absolute atomic E-state index is 0.0335. The van der Waals surface area contributed by atoms with Crippen LogP contribution in [0, 0.1) is 5.82 Å². The van der Waals surface area contributed by atoms with E-state index < -0.39 is 17.4 Å². The van der Waals surface area contributed by atoms with Gasteiger partial charge in [0.15, 0.2) is 0 Å². The normalized spacial score (nSPS) is 14.2. The van der Waals surface area contributed by atoms with E-state index >= 15 is 0 Å². The lowest BCUT2D eigenvalue weighted by molar-refractivity contribution is 0.0978. The second kappa shape index (κ2) is 5.10. The minimum atomic E-state index is -0.517. The molecule has 1 aromatic carbocycles. The van der Waals surface area contributed by atoms with E-state index in [4.69, 9.17) is 11.6 Å². The van der Waals surface area contributed by atoms with Gasteiger partial charge in [-0.25, -0.2) is 4.39 Å². The Morgan fingerprint density at radius 3 is 2.48 bits per heavy atom. The number of nitrogens with one attached hydrogen (secondary N) is 1. The van der Waals surface area contributed by atoms with Crippen LogP contribution in [0.3, 0.4) is 0 Å². The molecule has 21 heavy (non-hydrogen) atoms. The number of allylic oxidation sites excluding steroid dienone is 2. The number of halogens is 2. The number of ketones is 2. The van der Waals surface area contributed by atoms with Gasteiger partial charge in [-0.15, -0.1) is 0 Å². The Bertz CT molecular complexity index is 785. The van der Waals surface area contributed by atoms with E-state index in [1.807, 2.05) is 0 Å². The molecule has 0 fully saturated rings. The van der Waals surface area contributed by atoms with Crippen molar-refractivity contribution in [3.05, 3.63) is 70.4 Å². The lowest BCUT2D eigenvalue weighted by Gasteiger charge is -2.18. The van der Waals surface area contributed by atoms with Gasteiger partial charge in [0, 0.05) is 11.9 Å². The second-order valence-electron chi connectivity index (χ2n) is 4.38. The minimum Gasteiger partial charge on any atom is -0.351 e. The SMILES string of the molecule is O=C1C(Nc2ccc(F)cc2)=C(Cl)C(=O)c2ncccc21. The standard InChI is InChI=1S/C15H8ClFN2O2/c16-11-13(19-9-5-3-8(17)4-6-9)14(20)10-2-1-7-18-12(10)15(11)21/h1-7,19H. The van der Waals surface area contributed by atoms with Crippen molar-refractivity contribution < 1.29 is 14.0 Å². The molecule has 0 unspecified atom stereocenters. The summed E-state index contributed by atoms with van der Waals surface area (Å²) in [5.41, 5.74) is 0.653. The first-order valence-electron chi connectivity index (χ1n) is 6.04. The van der Waals surface area contributed by atoms with E-state index in [1.165, 1.54) is 36.5 Å². The smallest absolute Gasteiger partial charge is 0.225 e. The average Bonchev–Trinajstić information content (AvgIpc) is 2.51. The highest BCUT2D eigenvalue weighted by molar-refractivity contribution is 6.50. The molecule has 0 aliphatic heterocycles. The third-order valence-corrected chi connectivity index (χ3v) is 3.39. The molecule has 1 aliphatic carbocycles. The van der Waals surface area contributed by atoms with E-state index in [9.17, 15) is 14.0 Å². The van der Waals surface area contributed by atoms with Crippen molar-refractivity contribution in [3.8, 4) is 0 Å². The van der Waals surface area contributed by atoms with Gasteiger partial charge in [-0.3, -0.25) is 14.6 Å². The van der Waals surface area contributed by atoms with Crippen LogP contribution >= 0.6 is 11.6 Å². The Balaban J connectivity index is 2.02. The summed E-state index contributed by atoms with van der Waals surface area (Å²) in [6.07, 6.45) is 1.42.